The van der Waals surface area contributed by atoms with E-state index in [1.165, 1.54) is 29.8 Å². The molecule has 2 heterocycles. The van der Waals surface area contributed by atoms with Gasteiger partial charge in [0, 0.05) is 24.5 Å². The molecule has 1 saturated heterocycles. The van der Waals surface area contributed by atoms with Crippen LogP contribution < -0.4 is 15.1 Å². The van der Waals surface area contributed by atoms with Crippen LogP contribution in [0.25, 0.3) is 5.57 Å². The highest BCUT2D eigenvalue weighted by Gasteiger charge is 2.40. The number of piperidine rings is 1. The van der Waals surface area contributed by atoms with Gasteiger partial charge in [-0.25, -0.2) is 4.90 Å². The smallest absolute Gasteiger partial charge is 0.282 e. The van der Waals surface area contributed by atoms with Gasteiger partial charge in [-0.05, 0) is 73.7 Å². The third kappa shape index (κ3) is 4.14. The number of aryl methyl sites for hydroxylation is 1. The van der Waals surface area contributed by atoms with Crippen LogP contribution in [0.4, 0.5) is 17.1 Å². The van der Waals surface area contributed by atoms with Crippen LogP contribution >= 0.6 is 0 Å². The molecule has 3 aromatic carbocycles. The van der Waals surface area contributed by atoms with Gasteiger partial charge < -0.3 is 10.2 Å². The van der Waals surface area contributed by atoms with Crippen LogP contribution in [0.15, 0.2) is 84.6 Å². The Labute approximate surface area is 194 Å². The first kappa shape index (κ1) is 21.0. The largest absolute Gasteiger partial charge is 0.372 e. The van der Waals surface area contributed by atoms with Crippen molar-refractivity contribution in [2.24, 2.45) is 0 Å². The Hall–Kier alpha value is -3.86. The highest BCUT2D eigenvalue weighted by atomic mass is 16.2. The molecule has 0 spiro atoms. The topological polar surface area (TPSA) is 52.7 Å². The summed E-state index contributed by atoms with van der Waals surface area (Å²) in [6.45, 7) is 4.10. The average molecular weight is 438 g/mol. The molecule has 0 aliphatic carbocycles. The third-order valence-electron chi connectivity index (χ3n) is 6.26. The lowest BCUT2D eigenvalue weighted by Crippen LogP contribution is -2.32. The predicted molar refractivity (Wildman–Crippen MR) is 133 cm³/mol. The molecule has 0 unspecified atom stereocenters. The molecular weight excluding hydrogens is 410 g/mol. The van der Waals surface area contributed by atoms with Gasteiger partial charge in [0.1, 0.15) is 5.70 Å². The molecule has 3 aromatic rings. The van der Waals surface area contributed by atoms with Gasteiger partial charge in [-0.15, -0.1) is 0 Å². The maximum absolute atomic E-state index is 13.5. The van der Waals surface area contributed by atoms with E-state index in [1.807, 2.05) is 67.6 Å². The average Bonchev–Trinajstić information content (AvgIpc) is 3.09. The van der Waals surface area contributed by atoms with Crippen molar-refractivity contribution in [3.8, 4) is 0 Å². The Morgan fingerprint density at radius 3 is 2.15 bits per heavy atom. The Bertz CT molecular complexity index is 1210. The van der Waals surface area contributed by atoms with E-state index in [1.54, 1.807) is 6.07 Å². The highest BCUT2D eigenvalue weighted by Crippen LogP contribution is 2.34. The SMILES string of the molecule is Cc1cccc(N2C(=O)C(Nc3ccc(N4CCCCC4)cc3)=C(c3ccccc3)C2=O)c1. The van der Waals surface area contributed by atoms with E-state index in [0.29, 0.717) is 17.0 Å². The quantitative estimate of drug-likeness (QED) is 0.545. The molecule has 2 aliphatic rings. The van der Waals surface area contributed by atoms with Crippen molar-refractivity contribution in [3.05, 3.63) is 95.7 Å². The van der Waals surface area contributed by atoms with Gasteiger partial charge >= 0.3 is 0 Å². The second-order valence-electron chi connectivity index (χ2n) is 8.62. The molecule has 0 bridgehead atoms. The van der Waals surface area contributed by atoms with Crippen LogP contribution in [-0.2, 0) is 9.59 Å². The molecule has 5 rings (SSSR count). The summed E-state index contributed by atoms with van der Waals surface area (Å²) in [5.74, 6) is -0.659. The number of anilines is 3. The van der Waals surface area contributed by atoms with Gasteiger partial charge in [-0.3, -0.25) is 9.59 Å². The number of carbonyl (C=O) groups is 2. The lowest BCUT2D eigenvalue weighted by molar-refractivity contribution is -0.120. The molecule has 1 N–H and O–H groups in total. The molecule has 5 nitrogen and oxygen atoms in total. The van der Waals surface area contributed by atoms with Crippen LogP contribution in [0, 0.1) is 6.92 Å². The van der Waals surface area contributed by atoms with Crippen LogP contribution in [-0.4, -0.2) is 24.9 Å². The number of benzene rings is 3. The zero-order valence-electron chi connectivity index (χ0n) is 18.8. The monoisotopic (exact) mass is 437 g/mol. The number of hydrogen-bond acceptors (Lipinski definition) is 4. The third-order valence-corrected chi connectivity index (χ3v) is 6.26. The Balaban J connectivity index is 1.49. The molecule has 0 saturated carbocycles. The molecule has 166 valence electrons. The Morgan fingerprint density at radius 2 is 1.45 bits per heavy atom. The summed E-state index contributed by atoms with van der Waals surface area (Å²) in [5, 5.41) is 3.26. The van der Waals surface area contributed by atoms with Crippen LogP contribution in [0.3, 0.4) is 0 Å². The van der Waals surface area contributed by atoms with E-state index >= 15 is 0 Å². The summed E-state index contributed by atoms with van der Waals surface area (Å²) >= 11 is 0. The van der Waals surface area contributed by atoms with Gasteiger partial charge in [0.2, 0.25) is 0 Å². The minimum absolute atomic E-state index is 0.304. The van der Waals surface area contributed by atoms with Crippen molar-refractivity contribution >= 4 is 34.4 Å². The number of amides is 2. The normalized spacial score (nSPS) is 16.5. The van der Waals surface area contributed by atoms with Gasteiger partial charge in [-0.2, -0.15) is 0 Å². The maximum atomic E-state index is 13.5. The minimum Gasteiger partial charge on any atom is -0.372 e. The first-order valence-electron chi connectivity index (χ1n) is 11.5. The van der Waals surface area contributed by atoms with Crippen molar-refractivity contribution in [1.29, 1.82) is 0 Å². The number of hydrogen-bond donors (Lipinski definition) is 1. The molecule has 0 aromatic heterocycles. The van der Waals surface area contributed by atoms with E-state index in [-0.39, 0.29) is 11.8 Å². The van der Waals surface area contributed by atoms with Gasteiger partial charge in [-0.1, -0.05) is 42.5 Å². The summed E-state index contributed by atoms with van der Waals surface area (Å²) in [4.78, 5) is 30.7. The highest BCUT2D eigenvalue weighted by molar-refractivity contribution is 6.46. The van der Waals surface area contributed by atoms with E-state index in [0.717, 1.165) is 29.9 Å². The fourth-order valence-corrected chi connectivity index (χ4v) is 4.57. The molecule has 0 atom stereocenters. The van der Waals surface area contributed by atoms with Crippen molar-refractivity contribution in [2.75, 3.05) is 28.2 Å². The predicted octanol–water partition coefficient (Wildman–Crippen LogP) is 5.38. The first-order valence-corrected chi connectivity index (χ1v) is 11.5. The van der Waals surface area contributed by atoms with Crippen LogP contribution in [0.2, 0.25) is 0 Å². The van der Waals surface area contributed by atoms with Crippen molar-refractivity contribution < 1.29 is 9.59 Å². The molecule has 2 amide bonds. The molecule has 0 radical (unpaired) electrons. The molecule has 5 heteroatoms. The number of rotatable bonds is 5. The molecular formula is C28H27N3O2. The number of carbonyl (C=O) groups excluding carboxylic acids is 2. The van der Waals surface area contributed by atoms with E-state index in [4.69, 9.17) is 0 Å². The van der Waals surface area contributed by atoms with Gasteiger partial charge in [0.05, 0.1) is 11.3 Å². The standard InChI is InChI=1S/C28H27N3O2/c1-20-9-8-12-24(19-20)31-27(32)25(21-10-4-2-5-11-21)26(28(31)33)29-22-13-15-23(16-14-22)30-17-6-3-7-18-30/h2,4-5,8-16,19,29H,3,6-7,17-18H2,1H3. The Morgan fingerprint density at radius 1 is 0.727 bits per heavy atom. The summed E-state index contributed by atoms with van der Waals surface area (Å²) in [7, 11) is 0. The van der Waals surface area contributed by atoms with Crippen LogP contribution in [0.5, 0.6) is 0 Å². The maximum Gasteiger partial charge on any atom is 0.282 e. The number of imide groups is 1. The molecule has 33 heavy (non-hydrogen) atoms. The number of nitrogens with one attached hydrogen (secondary N) is 1. The summed E-state index contributed by atoms with van der Waals surface area (Å²) in [6, 6.07) is 24.9. The van der Waals surface area contributed by atoms with Crippen molar-refractivity contribution in [1.82, 2.24) is 0 Å². The second kappa shape index (κ2) is 8.94. The summed E-state index contributed by atoms with van der Waals surface area (Å²) in [5.41, 5.74) is 4.96. The van der Waals surface area contributed by atoms with Crippen molar-refractivity contribution in [2.45, 2.75) is 26.2 Å². The molecule has 2 aliphatic heterocycles. The van der Waals surface area contributed by atoms with Crippen molar-refractivity contribution in [3.63, 3.8) is 0 Å². The second-order valence-corrected chi connectivity index (χ2v) is 8.62. The van der Waals surface area contributed by atoms with Gasteiger partial charge in [0.15, 0.2) is 0 Å². The van der Waals surface area contributed by atoms with E-state index < -0.39 is 0 Å². The first-order chi connectivity index (χ1) is 16.1. The fourth-order valence-electron chi connectivity index (χ4n) is 4.57. The fraction of sp³-hybridized carbons (Fsp3) is 0.214. The number of nitrogens with zero attached hydrogens (tertiary/aromatic N) is 2. The lowest BCUT2D eigenvalue weighted by Gasteiger charge is -2.28. The summed E-state index contributed by atoms with van der Waals surface area (Å²) < 4.78 is 0. The zero-order valence-corrected chi connectivity index (χ0v) is 18.8. The Kier molecular flexibility index (Phi) is 5.69. The van der Waals surface area contributed by atoms with Crippen LogP contribution in [0.1, 0.15) is 30.4 Å². The van der Waals surface area contributed by atoms with E-state index in [9.17, 15) is 9.59 Å². The van der Waals surface area contributed by atoms with Gasteiger partial charge in [0.25, 0.3) is 11.8 Å². The molecule has 1 fully saturated rings. The summed E-state index contributed by atoms with van der Waals surface area (Å²) in [6.07, 6.45) is 3.73. The minimum atomic E-state index is -0.343. The zero-order chi connectivity index (χ0) is 22.8. The lowest BCUT2D eigenvalue weighted by atomic mass is 10.0. The van der Waals surface area contributed by atoms with E-state index in [2.05, 4.69) is 22.3 Å².